The molecule has 1 N–H and O–H groups in total. The maximum absolute atomic E-state index is 11.7. The first-order chi connectivity index (χ1) is 4.42. The first kappa shape index (κ1) is 9.42. The molecule has 0 bridgehead atoms. The van der Waals surface area contributed by atoms with Crippen LogP contribution in [0.5, 0.6) is 0 Å². The summed E-state index contributed by atoms with van der Waals surface area (Å²) in [5, 5.41) is 3.08. The van der Waals surface area contributed by atoms with Crippen LogP contribution < -0.4 is 5.32 Å². The molecule has 0 heterocycles. The molecule has 0 rings (SSSR count). The lowest BCUT2D eigenvalue weighted by Crippen LogP contribution is -2.15. The zero-order valence-electron chi connectivity index (χ0n) is 5.83. The minimum atomic E-state index is -4.46. The second-order valence-electron chi connectivity index (χ2n) is 2.10. The highest BCUT2D eigenvalue weighted by atomic mass is 32.3. The Kier molecular flexibility index (Phi) is 3.35. The number of hydrogen-bond acceptors (Lipinski definition) is 3. The largest absolute Gasteiger partial charge is 0.388 e. The van der Waals surface area contributed by atoms with Gasteiger partial charge in [0, 0.05) is 12.2 Å². The maximum Gasteiger partial charge on any atom is 0.326 e. The highest BCUT2D eigenvalue weighted by molar-refractivity contribution is 7.89. The standard InChI is InChI=1S/C5H10FNO2S/c1-5(2)7-3-4-10(6,8)9/h3-5,7H,1-2H3/b4-3+. The average Bonchev–Trinajstić information content (AvgIpc) is 1.59. The van der Waals surface area contributed by atoms with E-state index in [1.165, 1.54) is 0 Å². The lowest BCUT2D eigenvalue weighted by molar-refractivity contribution is 0.562. The van der Waals surface area contributed by atoms with Gasteiger partial charge in [0.2, 0.25) is 0 Å². The summed E-state index contributed by atoms with van der Waals surface area (Å²) < 4.78 is 31.3. The van der Waals surface area contributed by atoms with E-state index in [2.05, 4.69) is 5.32 Å². The van der Waals surface area contributed by atoms with E-state index in [9.17, 15) is 12.3 Å². The van der Waals surface area contributed by atoms with Gasteiger partial charge in [0.05, 0.1) is 5.41 Å². The maximum atomic E-state index is 11.7. The fraction of sp³-hybridized carbons (Fsp3) is 0.600. The van der Waals surface area contributed by atoms with Gasteiger partial charge in [0.25, 0.3) is 0 Å². The van der Waals surface area contributed by atoms with Crippen molar-refractivity contribution in [2.75, 3.05) is 0 Å². The van der Waals surface area contributed by atoms with Crippen molar-refractivity contribution in [3.05, 3.63) is 11.6 Å². The Morgan fingerprint density at radius 2 is 2.00 bits per heavy atom. The predicted molar refractivity (Wildman–Crippen MR) is 37.4 cm³/mol. The zero-order chi connectivity index (χ0) is 8.20. The van der Waals surface area contributed by atoms with Crippen LogP contribution in [0.3, 0.4) is 0 Å². The molecular formula is C5H10FNO2S. The number of rotatable bonds is 3. The quantitative estimate of drug-likeness (QED) is 0.631. The molecule has 0 aliphatic heterocycles. The van der Waals surface area contributed by atoms with Crippen LogP contribution >= 0.6 is 0 Å². The normalized spacial score (nSPS) is 12.8. The molecule has 0 amide bonds. The van der Waals surface area contributed by atoms with E-state index in [0.29, 0.717) is 5.41 Å². The van der Waals surface area contributed by atoms with E-state index in [4.69, 9.17) is 0 Å². The lowest BCUT2D eigenvalue weighted by Gasteiger charge is -2.00. The summed E-state index contributed by atoms with van der Waals surface area (Å²) in [6, 6.07) is 0.109. The predicted octanol–water partition coefficient (Wildman–Crippen LogP) is 0.755. The zero-order valence-corrected chi connectivity index (χ0v) is 6.65. The van der Waals surface area contributed by atoms with Gasteiger partial charge in [0.15, 0.2) is 0 Å². The van der Waals surface area contributed by atoms with Crippen molar-refractivity contribution in [2.24, 2.45) is 0 Å². The SMILES string of the molecule is CC(C)N/C=C/S(=O)(=O)F. The molecule has 0 aromatic heterocycles. The molecule has 0 aromatic rings. The van der Waals surface area contributed by atoms with E-state index in [1.54, 1.807) is 0 Å². The van der Waals surface area contributed by atoms with E-state index in [1.807, 2.05) is 13.8 Å². The molecule has 0 saturated heterocycles. The van der Waals surface area contributed by atoms with Crippen LogP contribution in [0.2, 0.25) is 0 Å². The Morgan fingerprint density at radius 1 is 1.50 bits per heavy atom. The van der Waals surface area contributed by atoms with Gasteiger partial charge >= 0.3 is 10.2 Å². The molecule has 10 heavy (non-hydrogen) atoms. The van der Waals surface area contributed by atoms with Crippen LogP contribution in [-0.2, 0) is 10.2 Å². The van der Waals surface area contributed by atoms with Gasteiger partial charge in [-0.2, -0.15) is 8.42 Å². The first-order valence-corrected chi connectivity index (χ1v) is 4.24. The third-order valence-corrected chi connectivity index (χ3v) is 1.12. The van der Waals surface area contributed by atoms with Gasteiger partial charge in [0.1, 0.15) is 0 Å². The molecule has 0 aliphatic carbocycles. The number of halogens is 1. The Morgan fingerprint density at radius 3 is 2.30 bits per heavy atom. The van der Waals surface area contributed by atoms with Gasteiger partial charge in [-0.1, -0.05) is 0 Å². The highest BCUT2D eigenvalue weighted by Crippen LogP contribution is 1.90. The monoisotopic (exact) mass is 167 g/mol. The molecule has 5 heteroatoms. The third-order valence-electron chi connectivity index (χ3n) is 0.660. The smallest absolute Gasteiger partial charge is 0.326 e. The summed E-state index contributed by atoms with van der Waals surface area (Å²) >= 11 is 0. The molecule has 0 atom stereocenters. The number of nitrogens with one attached hydrogen (secondary N) is 1. The third kappa shape index (κ3) is 7.42. The molecule has 0 saturated carbocycles. The lowest BCUT2D eigenvalue weighted by atomic mass is 10.4. The summed E-state index contributed by atoms with van der Waals surface area (Å²) in [6.45, 7) is 3.63. The summed E-state index contributed by atoms with van der Waals surface area (Å²) in [5.41, 5.74) is 0. The summed E-state index contributed by atoms with van der Waals surface area (Å²) in [5.74, 6) is 0. The Labute approximate surface area is 60.1 Å². The molecule has 0 spiro atoms. The van der Waals surface area contributed by atoms with E-state index in [-0.39, 0.29) is 6.04 Å². The first-order valence-electron chi connectivity index (χ1n) is 2.79. The van der Waals surface area contributed by atoms with Crippen LogP contribution in [-0.4, -0.2) is 14.5 Å². The van der Waals surface area contributed by atoms with E-state index < -0.39 is 10.2 Å². The van der Waals surface area contributed by atoms with Gasteiger partial charge < -0.3 is 5.32 Å². The molecular weight excluding hydrogens is 157 g/mol. The van der Waals surface area contributed by atoms with Crippen LogP contribution in [0.15, 0.2) is 11.6 Å². The molecule has 3 nitrogen and oxygen atoms in total. The van der Waals surface area contributed by atoms with Crippen LogP contribution in [0.1, 0.15) is 13.8 Å². The molecule has 0 unspecified atom stereocenters. The van der Waals surface area contributed by atoms with Crippen LogP contribution in [0, 0.1) is 0 Å². The van der Waals surface area contributed by atoms with Crippen molar-refractivity contribution in [3.8, 4) is 0 Å². The summed E-state index contributed by atoms with van der Waals surface area (Å²) in [4.78, 5) is 0. The van der Waals surface area contributed by atoms with Crippen molar-refractivity contribution in [3.63, 3.8) is 0 Å². The van der Waals surface area contributed by atoms with E-state index in [0.717, 1.165) is 6.20 Å². The van der Waals surface area contributed by atoms with Gasteiger partial charge in [-0.25, -0.2) is 0 Å². The summed E-state index contributed by atoms with van der Waals surface area (Å²) in [6.07, 6.45) is 1.07. The van der Waals surface area contributed by atoms with Crippen molar-refractivity contribution in [1.82, 2.24) is 5.32 Å². The van der Waals surface area contributed by atoms with Gasteiger partial charge in [-0.3, -0.25) is 0 Å². The molecule has 0 fully saturated rings. The van der Waals surface area contributed by atoms with Crippen LogP contribution in [0.4, 0.5) is 3.89 Å². The molecule has 0 aromatic carbocycles. The second kappa shape index (κ2) is 3.55. The molecule has 0 aliphatic rings. The van der Waals surface area contributed by atoms with E-state index >= 15 is 0 Å². The summed E-state index contributed by atoms with van der Waals surface area (Å²) in [7, 11) is -4.46. The minimum absolute atomic E-state index is 0.109. The fourth-order valence-corrected chi connectivity index (χ4v) is 0.554. The highest BCUT2D eigenvalue weighted by Gasteiger charge is 1.97. The Hall–Kier alpha value is -0.580. The van der Waals surface area contributed by atoms with Gasteiger partial charge in [-0.15, -0.1) is 3.89 Å². The minimum Gasteiger partial charge on any atom is -0.388 e. The van der Waals surface area contributed by atoms with Gasteiger partial charge in [-0.05, 0) is 13.8 Å². The molecule has 60 valence electrons. The van der Waals surface area contributed by atoms with Crippen molar-refractivity contribution in [1.29, 1.82) is 0 Å². The Balaban J connectivity index is 3.80. The van der Waals surface area contributed by atoms with Crippen molar-refractivity contribution in [2.45, 2.75) is 19.9 Å². The van der Waals surface area contributed by atoms with Crippen LogP contribution in [0.25, 0.3) is 0 Å². The number of hydrogen-bond donors (Lipinski definition) is 1. The fourth-order valence-electron chi connectivity index (χ4n) is 0.313. The Bertz CT molecular complexity index is 208. The topological polar surface area (TPSA) is 46.2 Å². The average molecular weight is 167 g/mol. The second-order valence-corrected chi connectivity index (χ2v) is 3.32. The molecule has 0 radical (unpaired) electrons. The van der Waals surface area contributed by atoms with Crippen molar-refractivity contribution >= 4 is 10.2 Å². The van der Waals surface area contributed by atoms with Crippen molar-refractivity contribution < 1.29 is 12.3 Å².